The lowest BCUT2D eigenvalue weighted by molar-refractivity contribution is 0.0696. The predicted molar refractivity (Wildman–Crippen MR) is 51.8 cm³/mol. The Balaban J connectivity index is 2.84. The van der Waals surface area contributed by atoms with Gasteiger partial charge in [-0.15, -0.1) is 12.3 Å². The molecule has 1 atom stereocenters. The first-order valence-corrected chi connectivity index (χ1v) is 4.10. The van der Waals surface area contributed by atoms with Gasteiger partial charge in [-0.2, -0.15) is 0 Å². The molecule has 0 spiro atoms. The molecule has 2 N–H and O–H groups in total. The number of aliphatic hydroxyl groups excluding tert-OH is 1. The summed E-state index contributed by atoms with van der Waals surface area (Å²) in [6.45, 7) is 0. The molecule has 1 rings (SSSR count). The van der Waals surface area contributed by atoms with E-state index in [1.807, 2.05) is 0 Å². The molecule has 1 aromatic rings. The van der Waals surface area contributed by atoms with Crippen LogP contribution in [0.15, 0.2) is 24.3 Å². The Bertz CT molecular complexity index is 359. The van der Waals surface area contributed by atoms with Crippen LogP contribution < -0.4 is 0 Å². The molecule has 0 heterocycles. The molecule has 0 amide bonds. The number of benzene rings is 1. The number of hydrogen-bond donors (Lipinski definition) is 2. The Kier molecular flexibility index (Phi) is 3.27. The first-order valence-electron chi connectivity index (χ1n) is 4.10. The average molecular weight is 190 g/mol. The summed E-state index contributed by atoms with van der Waals surface area (Å²) in [5.41, 5.74) is 0.828. The van der Waals surface area contributed by atoms with Crippen molar-refractivity contribution < 1.29 is 15.0 Å². The number of rotatable bonds is 3. The summed E-state index contributed by atoms with van der Waals surface area (Å²) in [5.74, 6) is 1.35. The maximum atomic E-state index is 10.5. The number of aromatic carboxylic acids is 1. The number of terminal acetylenes is 1. The zero-order chi connectivity index (χ0) is 10.6. The van der Waals surface area contributed by atoms with Crippen LogP contribution in [0.3, 0.4) is 0 Å². The van der Waals surface area contributed by atoms with Gasteiger partial charge < -0.3 is 10.2 Å². The first-order chi connectivity index (χ1) is 6.65. The highest BCUT2D eigenvalue weighted by Gasteiger charge is 2.07. The summed E-state index contributed by atoms with van der Waals surface area (Å²) in [4.78, 5) is 10.5. The molecule has 72 valence electrons. The number of carboxylic acid groups (broad SMARTS) is 1. The molecule has 0 saturated carbocycles. The zero-order valence-corrected chi connectivity index (χ0v) is 7.47. The second kappa shape index (κ2) is 4.45. The van der Waals surface area contributed by atoms with Gasteiger partial charge in [0.25, 0.3) is 0 Å². The van der Waals surface area contributed by atoms with Gasteiger partial charge in [0.2, 0.25) is 0 Å². The van der Waals surface area contributed by atoms with Crippen molar-refractivity contribution in [3.8, 4) is 12.3 Å². The maximum Gasteiger partial charge on any atom is 0.335 e. The van der Waals surface area contributed by atoms with Crippen molar-refractivity contribution in [2.24, 2.45) is 0 Å². The van der Waals surface area contributed by atoms with E-state index in [1.165, 1.54) is 12.1 Å². The van der Waals surface area contributed by atoms with E-state index in [2.05, 4.69) is 5.92 Å². The highest BCUT2D eigenvalue weighted by molar-refractivity contribution is 5.87. The molecule has 0 radical (unpaired) electrons. The van der Waals surface area contributed by atoms with E-state index in [0.29, 0.717) is 5.56 Å². The van der Waals surface area contributed by atoms with Gasteiger partial charge in [0.1, 0.15) is 0 Å². The van der Waals surface area contributed by atoms with E-state index >= 15 is 0 Å². The van der Waals surface area contributed by atoms with E-state index in [9.17, 15) is 9.90 Å². The van der Waals surface area contributed by atoms with E-state index in [1.54, 1.807) is 12.1 Å². The summed E-state index contributed by atoms with van der Waals surface area (Å²) in [6, 6.07) is 6.01. The van der Waals surface area contributed by atoms with Crippen LogP contribution >= 0.6 is 0 Å². The third kappa shape index (κ3) is 2.35. The van der Waals surface area contributed by atoms with Gasteiger partial charge >= 0.3 is 5.97 Å². The van der Waals surface area contributed by atoms with Crippen molar-refractivity contribution in [1.82, 2.24) is 0 Å². The Morgan fingerprint density at radius 1 is 1.43 bits per heavy atom. The molecule has 3 heteroatoms. The Morgan fingerprint density at radius 3 is 2.43 bits per heavy atom. The van der Waals surface area contributed by atoms with Crippen LogP contribution in [0.25, 0.3) is 0 Å². The largest absolute Gasteiger partial charge is 0.478 e. The van der Waals surface area contributed by atoms with Crippen molar-refractivity contribution in [3.63, 3.8) is 0 Å². The third-order valence-electron chi connectivity index (χ3n) is 1.85. The van der Waals surface area contributed by atoms with Crippen LogP contribution in [0, 0.1) is 12.3 Å². The van der Waals surface area contributed by atoms with Gasteiger partial charge in [-0.1, -0.05) is 12.1 Å². The fraction of sp³-hybridized carbons (Fsp3) is 0.182. The van der Waals surface area contributed by atoms with Crippen LogP contribution in [0.5, 0.6) is 0 Å². The monoisotopic (exact) mass is 190 g/mol. The van der Waals surface area contributed by atoms with Gasteiger partial charge in [-0.3, -0.25) is 0 Å². The second-order valence-corrected chi connectivity index (χ2v) is 2.85. The Hall–Kier alpha value is -1.79. The molecule has 1 aromatic carbocycles. The summed E-state index contributed by atoms with van der Waals surface area (Å²) < 4.78 is 0. The fourth-order valence-corrected chi connectivity index (χ4v) is 1.08. The number of hydrogen-bond acceptors (Lipinski definition) is 2. The molecule has 0 aliphatic heterocycles. The summed E-state index contributed by atoms with van der Waals surface area (Å²) in [5, 5.41) is 18.1. The van der Waals surface area contributed by atoms with Crippen LogP contribution in [-0.4, -0.2) is 16.2 Å². The van der Waals surface area contributed by atoms with Crippen LogP contribution in [0.2, 0.25) is 0 Å². The quantitative estimate of drug-likeness (QED) is 0.709. The van der Waals surface area contributed by atoms with Crippen LogP contribution in [0.1, 0.15) is 28.4 Å². The van der Waals surface area contributed by atoms with Gasteiger partial charge in [-0.25, -0.2) is 4.79 Å². The van der Waals surface area contributed by atoms with Gasteiger partial charge in [0, 0.05) is 6.42 Å². The van der Waals surface area contributed by atoms with Crippen LogP contribution in [-0.2, 0) is 0 Å². The fourth-order valence-electron chi connectivity index (χ4n) is 1.08. The molecule has 3 nitrogen and oxygen atoms in total. The normalized spacial score (nSPS) is 11.7. The molecular weight excluding hydrogens is 180 g/mol. The smallest absolute Gasteiger partial charge is 0.335 e. The maximum absolute atomic E-state index is 10.5. The lowest BCUT2D eigenvalue weighted by atomic mass is 10.1. The Labute approximate surface area is 82.0 Å². The molecule has 0 fully saturated rings. The molecule has 0 aromatic heterocycles. The lowest BCUT2D eigenvalue weighted by Gasteiger charge is -2.06. The predicted octanol–water partition coefficient (Wildman–Crippen LogP) is 1.44. The number of aliphatic hydroxyl groups is 1. The topological polar surface area (TPSA) is 57.5 Å². The van der Waals surface area contributed by atoms with E-state index in [0.717, 1.165) is 0 Å². The van der Waals surface area contributed by atoms with Crippen molar-refractivity contribution in [3.05, 3.63) is 35.4 Å². The lowest BCUT2D eigenvalue weighted by Crippen LogP contribution is -1.99. The van der Waals surface area contributed by atoms with Gasteiger partial charge in [0.05, 0.1) is 11.7 Å². The van der Waals surface area contributed by atoms with Crippen LogP contribution in [0.4, 0.5) is 0 Å². The minimum Gasteiger partial charge on any atom is -0.478 e. The molecule has 1 unspecified atom stereocenters. The van der Waals surface area contributed by atoms with E-state index in [4.69, 9.17) is 11.5 Å². The molecule has 0 aliphatic carbocycles. The zero-order valence-electron chi connectivity index (χ0n) is 7.47. The minimum atomic E-state index is -0.983. The van der Waals surface area contributed by atoms with Gasteiger partial charge in [-0.05, 0) is 17.7 Å². The third-order valence-corrected chi connectivity index (χ3v) is 1.85. The number of carbonyl (C=O) groups is 1. The summed E-state index contributed by atoms with van der Waals surface area (Å²) in [7, 11) is 0. The molecule has 0 bridgehead atoms. The highest BCUT2D eigenvalue weighted by Crippen LogP contribution is 2.16. The average Bonchev–Trinajstić information content (AvgIpc) is 2.18. The first kappa shape index (κ1) is 10.3. The minimum absolute atomic E-state index is 0.196. The van der Waals surface area contributed by atoms with Crippen molar-refractivity contribution in [2.45, 2.75) is 12.5 Å². The van der Waals surface area contributed by atoms with E-state index in [-0.39, 0.29) is 12.0 Å². The summed E-state index contributed by atoms with van der Waals surface area (Å²) >= 11 is 0. The highest BCUT2D eigenvalue weighted by atomic mass is 16.4. The molecule has 14 heavy (non-hydrogen) atoms. The SMILES string of the molecule is C#CCC(O)c1ccc(C(=O)O)cc1. The molecule has 0 aliphatic rings. The summed E-state index contributed by atoms with van der Waals surface area (Å²) in [6.07, 6.45) is 4.55. The van der Waals surface area contributed by atoms with Crippen molar-refractivity contribution in [1.29, 1.82) is 0 Å². The molecule has 0 saturated heterocycles. The van der Waals surface area contributed by atoms with Crippen molar-refractivity contribution in [2.75, 3.05) is 0 Å². The number of carboxylic acids is 1. The molecular formula is C11H10O3. The van der Waals surface area contributed by atoms with Crippen molar-refractivity contribution >= 4 is 5.97 Å². The standard InChI is InChI=1S/C11H10O3/c1-2-3-10(12)8-4-6-9(7-5-8)11(13)14/h1,4-7,10,12H,3H2,(H,13,14). The Morgan fingerprint density at radius 2 is 2.00 bits per heavy atom. The van der Waals surface area contributed by atoms with Gasteiger partial charge in [0.15, 0.2) is 0 Å². The second-order valence-electron chi connectivity index (χ2n) is 2.85. The van der Waals surface area contributed by atoms with E-state index < -0.39 is 12.1 Å².